The highest BCUT2D eigenvalue weighted by molar-refractivity contribution is 5.99. The van der Waals surface area contributed by atoms with Gasteiger partial charge in [-0.3, -0.25) is 0 Å². The maximum absolute atomic E-state index is 5.15. The third-order valence-corrected chi connectivity index (χ3v) is 3.59. The summed E-state index contributed by atoms with van der Waals surface area (Å²) in [5.74, 6) is 1.28. The molecule has 1 N–H and O–H groups in total. The fourth-order valence-electron chi connectivity index (χ4n) is 2.20. The molecule has 120 valence electrons. The molecule has 0 bridgehead atoms. The van der Waals surface area contributed by atoms with E-state index in [-0.39, 0.29) is 0 Å². The lowest BCUT2D eigenvalue weighted by Crippen LogP contribution is -2.02. The standard InChI is InChI=1S/C19H18N4O/c1-14(15-8-10-18(24-2)11-9-15)22-23-19-20-12-17(13-21-19)16-6-4-3-5-7-16/h3-13H,1-2H3,(H,20,21,23)/b22-14+. The molecule has 0 saturated carbocycles. The summed E-state index contributed by atoms with van der Waals surface area (Å²) in [5, 5.41) is 4.32. The molecule has 1 heterocycles. The van der Waals surface area contributed by atoms with Crippen LogP contribution in [0.5, 0.6) is 5.75 Å². The second kappa shape index (κ2) is 7.37. The van der Waals surface area contributed by atoms with Crippen LogP contribution < -0.4 is 10.2 Å². The first kappa shape index (κ1) is 15.7. The first-order valence-electron chi connectivity index (χ1n) is 7.58. The van der Waals surface area contributed by atoms with Crippen molar-refractivity contribution in [2.45, 2.75) is 6.92 Å². The molecule has 0 aliphatic carbocycles. The molecule has 2 aromatic carbocycles. The van der Waals surface area contributed by atoms with E-state index in [1.54, 1.807) is 19.5 Å². The predicted octanol–water partition coefficient (Wildman–Crippen LogP) is 3.99. The topological polar surface area (TPSA) is 59.4 Å². The summed E-state index contributed by atoms with van der Waals surface area (Å²) in [6, 6.07) is 17.7. The van der Waals surface area contributed by atoms with Crippen LogP contribution >= 0.6 is 0 Å². The van der Waals surface area contributed by atoms with Crippen LogP contribution in [0.4, 0.5) is 5.95 Å². The lowest BCUT2D eigenvalue weighted by Gasteiger charge is -2.05. The molecule has 1 aromatic heterocycles. The van der Waals surface area contributed by atoms with Crippen molar-refractivity contribution in [1.29, 1.82) is 0 Å². The Morgan fingerprint density at radius 2 is 1.58 bits per heavy atom. The molecular formula is C19H18N4O. The average molecular weight is 318 g/mol. The maximum Gasteiger partial charge on any atom is 0.243 e. The summed E-state index contributed by atoms with van der Waals surface area (Å²) >= 11 is 0. The molecule has 0 aliphatic rings. The molecule has 0 amide bonds. The minimum absolute atomic E-state index is 0.461. The SMILES string of the molecule is COc1ccc(/C(C)=N/Nc2ncc(-c3ccccc3)cn2)cc1. The fourth-order valence-corrected chi connectivity index (χ4v) is 2.20. The van der Waals surface area contributed by atoms with E-state index in [0.717, 1.165) is 28.2 Å². The summed E-state index contributed by atoms with van der Waals surface area (Å²) in [4.78, 5) is 8.60. The number of nitrogens with zero attached hydrogens (tertiary/aromatic N) is 3. The van der Waals surface area contributed by atoms with Crippen molar-refractivity contribution < 1.29 is 4.74 Å². The zero-order valence-electron chi connectivity index (χ0n) is 13.6. The van der Waals surface area contributed by atoms with E-state index >= 15 is 0 Å². The summed E-state index contributed by atoms with van der Waals surface area (Å²) in [6.07, 6.45) is 3.56. The number of ether oxygens (including phenoxy) is 1. The van der Waals surface area contributed by atoms with Crippen LogP contribution in [0.15, 0.2) is 72.1 Å². The third kappa shape index (κ3) is 3.76. The molecule has 0 aliphatic heterocycles. The lowest BCUT2D eigenvalue weighted by molar-refractivity contribution is 0.415. The van der Waals surface area contributed by atoms with Crippen LogP contribution in [0, 0.1) is 0 Å². The van der Waals surface area contributed by atoms with Crippen LogP contribution in [0.3, 0.4) is 0 Å². The zero-order chi connectivity index (χ0) is 16.8. The van der Waals surface area contributed by atoms with E-state index in [9.17, 15) is 0 Å². The Bertz CT molecular complexity index is 812. The van der Waals surface area contributed by atoms with Gasteiger partial charge in [-0.2, -0.15) is 5.10 Å². The van der Waals surface area contributed by atoms with Crippen LogP contribution in [0.2, 0.25) is 0 Å². The van der Waals surface area contributed by atoms with Gasteiger partial charge in [0.25, 0.3) is 0 Å². The summed E-state index contributed by atoms with van der Waals surface area (Å²) in [6.45, 7) is 1.92. The summed E-state index contributed by atoms with van der Waals surface area (Å²) in [5.41, 5.74) is 6.78. The molecular weight excluding hydrogens is 300 g/mol. The number of hydrogen-bond donors (Lipinski definition) is 1. The molecule has 5 heteroatoms. The van der Waals surface area contributed by atoms with Gasteiger partial charge in [0.2, 0.25) is 5.95 Å². The van der Waals surface area contributed by atoms with Gasteiger partial charge in [-0.15, -0.1) is 0 Å². The predicted molar refractivity (Wildman–Crippen MR) is 96.3 cm³/mol. The van der Waals surface area contributed by atoms with E-state index < -0.39 is 0 Å². The van der Waals surface area contributed by atoms with Crippen LogP contribution in [-0.4, -0.2) is 22.8 Å². The average Bonchev–Trinajstić information content (AvgIpc) is 2.67. The van der Waals surface area contributed by atoms with Crippen molar-refractivity contribution in [3.05, 3.63) is 72.6 Å². The highest BCUT2D eigenvalue weighted by Gasteiger charge is 2.01. The first-order chi connectivity index (χ1) is 11.8. The Morgan fingerprint density at radius 1 is 0.917 bits per heavy atom. The van der Waals surface area contributed by atoms with Gasteiger partial charge in [0.05, 0.1) is 12.8 Å². The Balaban J connectivity index is 1.69. The van der Waals surface area contributed by atoms with E-state index in [0.29, 0.717) is 5.95 Å². The van der Waals surface area contributed by atoms with E-state index in [4.69, 9.17) is 4.74 Å². The minimum atomic E-state index is 0.461. The molecule has 0 radical (unpaired) electrons. The van der Waals surface area contributed by atoms with Crippen molar-refractivity contribution in [2.24, 2.45) is 5.10 Å². The number of methoxy groups -OCH3 is 1. The number of rotatable bonds is 5. The highest BCUT2D eigenvalue weighted by Crippen LogP contribution is 2.17. The Kier molecular flexibility index (Phi) is 4.81. The van der Waals surface area contributed by atoms with Crippen molar-refractivity contribution in [3.8, 4) is 16.9 Å². The van der Waals surface area contributed by atoms with E-state index in [1.807, 2.05) is 61.5 Å². The number of benzene rings is 2. The van der Waals surface area contributed by atoms with Crippen molar-refractivity contribution in [2.75, 3.05) is 12.5 Å². The monoisotopic (exact) mass is 318 g/mol. The van der Waals surface area contributed by atoms with Crippen molar-refractivity contribution in [1.82, 2.24) is 9.97 Å². The highest BCUT2D eigenvalue weighted by atomic mass is 16.5. The molecule has 0 fully saturated rings. The Hall–Kier alpha value is -3.21. The number of nitrogens with one attached hydrogen (secondary N) is 1. The molecule has 24 heavy (non-hydrogen) atoms. The number of anilines is 1. The van der Waals surface area contributed by atoms with Gasteiger partial charge in [0.1, 0.15) is 5.75 Å². The second-order valence-electron chi connectivity index (χ2n) is 5.20. The molecule has 5 nitrogen and oxygen atoms in total. The van der Waals surface area contributed by atoms with Gasteiger partial charge in [0.15, 0.2) is 0 Å². The molecule has 3 rings (SSSR count). The van der Waals surface area contributed by atoms with Crippen LogP contribution in [0.25, 0.3) is 11.1 Å². The number of hydrazone groups is 1. The zero-order valence-corrected chi connectivity index (χ0v) is 13.6. The van der Waals surface area contributed by atoms with Gasteiger partial charge in [-0.25, -0.2) is 15.4 Å². The van der Waals surface area contributed by atoms with Gasteiger partial charge in [-0.1, -0.05) is 30.3 Å². The first-order valence-corrected chi connectivity index (χ1v) is 7.58. The molecule has 0 atom stereocenters. The van der Waals surface area contributed by atoms with Gasteiger partial charge >= 0.3 is 0 Å². The summed E-state index contributed by atoms with van der Waals surface area (Å²) < 4.78 is 5.15. The molecule has 0 saturated heterocycles. The quantitative estimate of drug-likeness (QED) is 0.571. The number of aromatic nitrogens is 2. The van der Waals surface area contributed by atoms with E-state index in [1.165, 1.54) is 0 Å². The fraction of sp³-hybridized carbons (Fsp3) is 0.105. The van der Waals surface area contributed by atoms with Gasteiger partial charge in [-0.05, 0) is 42.3 Å². The summed E-state index contributed by atoms with van der Waals surface area (Å²) in [7, 11) is 1.65. The smallest absolute Gasteiger partial charge is 0.243 e. The number of hydrogen-bond acceptors (Lipinski definition) is 5. The second-order valence-corrected chi connectivity index (χ2v) is 5.20. The molecule has 0 spiro atoms. The van der Waals surface area contributed by atoms with Crippen molar-refractivity contribution >= 4 is 11.7 Å². The van der Waals surface area contributed by atoms with E-state index in [2.05, 4.69) is 20.5 Å². The van der Waals surface area contributed by atoms with Gasteiger partial charge in [0, 0.05) is 18.0 Å². The minimum Gasteiger partial charge on any atom is -0.497 e. The van der Waals surface area contributed by atoms with Gasteiger partial charge < -0.3 is 4.74 Å². The van der Waals surface area contributed by atoms with Crippen LogP contribution in [-0.2, 0) is 0 Å². The van der Waals surface area contributed by atoms with Crippen molar-refractivity contribution in [3.63, 3.8) is 0 Å². The Morgan fingerprint density at radius 3 is 2.21 bits per heavy atom. The molecule has 3 aromatic rings. The largest absolute Gasteiger partial charge is 0.497 e. The lowest BCUT2D eigenvalue weighted by atomic mass is 10.1. The Labute approximate surface area is 141 Å². The normalized spacial score (nSPS) is 11.2. The third-order valence-electron chi connectivity index (χ3n) is 3.59. The maximum atomic E-state index is 5.15. The van der Waals surface area contributed by atoms with Crippen LogP contribution in [0.1, 0.15) is 12.5 Å². The molecule has 0 unspecified atom stereocenters.